The van der Waals surface area contributed by atoms with Crippen LogP contribution in [0.2, 0.25) is 0 Å². The van der Waals surface area contributed by atoms with Gasteiger partial charge in [-0.3, -0.25) is 14.6 Å². The van der Waals surface area contributed by atoms with Gasteiger partial charge in [0, 0.05) is 31.2 Å². The van der Waals surface area contributed by atoms with Gasteiger partial charge in [-0.15, -0.1) is 13.2 Å². The first-order valence-corrected chi connectivity index (χ1v) is 9.80. The normalized spacial score (nSPS) is 21.9. The van der Waals surface area contributed by atoms with Crippen LogP contribution in [0.5, 0.6) is 0 Å². The van der Waals surface area contributed by atoms with Gasteiger partial charge in [-0.05, 0) is 44.2 Å². The Hall–Kier alpha value is -2.43. The topological polar surface area (TPSA) is 53.5 Å². The summed E-state index contributed by atoms with van der Waals surface area (Å²) in [6, 6.07) is 5.70. The lowest BCUT2D eigenvalue weighted by atomic mass is 9.86. The fraction of sp³-hybridized carbons (Fsp3) is 0.500. The van der Waals surface area contributed by atoms with E-state index in [4.69, 9.17) is 0 Å². The van der Waals surface area contributed by atoms with Crippen molar-refractivity contribution >= 4 is 11.8 Å². The highest BCUT2D eigenvalue weighted by Gasteiger charge is 2.44. The lowest BCUT2D eigenvalue weighted by molar-refractivity contribution is -0.146. The fourth-order valence-electron chi connectivity index (χ4n) is 4.50. The third kappa shape index (κ3) is 4.12. The Morgan fingerprint density at radius 1 is 1.30 bits per heavy atom. The number of hydrogen-bond donors (Lipinski definition) is 0. The second-order valence-corrected chi connectivity index (χ2v) is 7.63. The first-order valence-electron chi connectivity index (χ1n) is 9.80. The fourth-order valence-corrected chi connectivity index (χ4v) is 4.50. The van der Waals surface area contributed by atoms with Crippen LogP contribution in [0.3, 0.4) is 0 Å². The Balaban J connectivity index is 1.73. The van der Waals surface area contributed by atoms with E-state index in [1.807, 2.05) is 30.4 Å². The van der Waals surface area contributed by atoms with Crippen LogP contribution in [0.15, 0.2) is 49.7 Å². The Morgan fingerprint density at radius 3 is 2.74 bits per heavy atom. The molecule has 0 spiro atoms. The van der Waals surface area contributed by atoms with Crippen molar-refractivity contribution in [1.82, 2.24) is 14.8 Å². The SMILES string of the molecule is C=CCC1(CC=C)CCCN1C(=O)C1CCC(=O)N(Cc2ccccn2)C1. The Morgan fingerprint density at radius 2 is 2.07 bits per heavy atom. The van der Waals surface area contributed by atoms with E-state index < -0.39 is 0 Å². The summed E-state index contributed by atoms with van der Waals surface area (Å²) in [7, 11) is 0. The van der Waals surface area contributed by atoms with Gasteiger partial charge in [0.1, 0.15) is 0 Å². The minimum Gasteiger partial charge on any atom is -0.336 e. The maximum atomic E-state index is 13.4. The van der Waals surface area contributed by atoms with Gasteiger partial charge in [0.25, 0.3) is 0 Å². The lowest BCUT2D eigenvalue weighted by Crippen LogP contribution is -2.52. The third-order valence-corrected chi connectivity index (χ3v) is 5.84. The Bertz CT molecular complexity index is 691. The molecular formula is C22H29N3O2. The van der Waals surface area contributed by atoms with Crippen LogP contribution < -0.4 is 0 Å². The van der Waals surface area contributed by atoms with Crippen molar-refractivity contribution < 1.29 is 9.59 Å². The predicted molar refractivity (Wildman–Crippen MR) is 106 cm³/mol. The summed E-state index contributed by atoms with van der Waals surface area (Å²) in [5.74, 6) is 0.141. The van der Waals surface area contributed by atoms with Crippen LogP contribution in [0.1, 0.15) is 44.2 Å². The Kier molecular flexibility index (Phi) is 6.09. The highest BCUT2D eigenvalue weighted by Crippen LogP contribution is 2.38. The molecule has 0 radical (unpaired) electrons. The molecule has 144 valence electrons. The molecule has 0 bridgehead atoms. The zero-order valence-electron chi connectivity index (χ0n) is 16.0. The highest BCUT2D eigenvalue weighted by atomic mass is 16.2. The number of nitrogens with zero attached hydrogens (tertiary/aromatic N) is 3. The van der Waals surface area contributed by atoms with Crippen LogP contribution in [0.4, 0.5) is 0 Å². The molecule has 5 heteroatoms. The zero-order valence-corrected chi connectivity index (χ0v) is 16.0. The van der Waals surface area contributed by atoms with E-state index in [1.54, 1.807) is 11.1 Å². The van der Waals surface area contributed by atoms with Gasteiger partial charge in [0.05, 0.1) is 18.2 Å². The van der Waals surface area contributed by atoms with Crippen molar-refractivity contribution in [2.24, 2.45) is 5.92 Å². The number of hydrogen-bond acceptors (Lipinski definition) is 3. The second-order valence-electron chi connectivity index (χ2n) is 7.63. The Labute approximate surface area is 161 Å². The van der Waals surface area contributed by atoms with Crippen LogP contribution in [0.25, 0.3) is 0 Å². The number of piperidine rings is 1. The van der Waals surface area contributed by atoms with Gasteiger partial charge in [0.15, 0.2) is 0 Å². The number of pyridine rings is 1. The summed E-state index contributed by atoms with van der Waals surface area (Å²) >= 11 is 0. The van der Waals surface area contributed by atoms with E-state index in [1.165, 1.54) is 0 Å². The van der Waals surface area contributed by atoms with Gasteiger partial charge < -0.3 is 9.80 Å². The summed E-state index contributed by atoms with van der Waals surface area (Å²) in [5.41, 5.74) is 0.668. The van der Waals surface area contributed by atoms with E-state index in [9.17, 15) is 9.59 Å². The van der Waals surface area contributed by atoms with Gasteiger partial charge in [-0.1, -0.05) is 18.2 Å². The first-order chi connectivity index (χ1) is 13.1. The summed E-state index contributed by atoms with van der Waals surface area (Å²) in [5, 5.41) is 0. The predicted octanol–water partition coefficient (Wildman–Crippen LogP) is 3.33. The zero-order chi connectivity index (χ0) is 19.3. The molecule has 3 rings (SSSR count). The van der Waals surface area contributed by atoms with E-state index >= 15 is 0 Å². The monoisotopic (exact) mass is 367 g/mol. The highest BCUT2D eigenvalue weighted by molar-refractivity contribution is 5.84. The van der Waals surface area contributed by atoms with Crippen molar-refractivity contribution in [3.8, 4) is 0 Å². The number of amides is 2. The second kappa shape index (κ2) is 8.51. The van der Waals surface area contributed by atoms with Crippen LogP contribution >= 0.6 is 0 Å². The molecular weight excluding hydrogens is 338 g/mol. The molecule has 1 unspecified atom stereocenters. The van der Waals surface area contributed by atoms with Gasteiger partial charge in [0.2, 0.25) is 11.8 Å². The molecule has 2 aliphatic heterocycles. The molecule has 1 aromatic rings. The van der Waals surface area contributed by atoms with Gasteiger partial charge >= 0.3 is 0 Å². The maximum absolute atomic E-state index is 13.4. The van der Waals surface area contributed by atoms with E-state index in [0.29, 0.717) is 25.9 Å². The van der Waals surface area contributed by atoms with Crippen LogP contribution in [0, 0.1) is 5.92 Å². The summed E-state index contributed by atoms with van der Waals surface area (Å²) in [6.07, 6.45) is 10.2. The molecule has 0 N–H and O–H groups in total. The molecule has 2 aliphatic rings. The molecule has 1 atom stereocenters. The largest absolute Gasteiger partial charge is 0.336 e. The number of aromatic nitrogens is 1. The molecule has 5 nitrogen and oxygen atoms in total. The van der Waals surface area contributed by atoms with Crippen molar-refractivity contribution in [3.63, 3.8) is 0 Å². The van der Waals surface area contributed by atoms with E-state index in [2.05, 4.69) is 23.0 Å². The van der Waals surface area contributed by atoms with E-state index in [-0.39, 0.29) is 23.3 Å². The number of rotatable bonds is 7. The van der Waals surface area contributed by atoms with Crippen LogP contribution in [-0.2, 0) is 16.1 Å². The molecule has 27 heavy (non-hydrogen) atoms. The van der Waals surface area contributed by atoms with Gasteiger partial charge in [-0.2, -0.15) is 0 Å². The quantitative estimate of drug-likeness (QED) is 0.695. The van der Waals surface area contributed by atoms with Crippen molar-refractivity contribution in [3.05, 3.63) is 55.4 Å². The lowest BCUT2D eigenvalue weighted by Gasteiger charge is -2.41. The average molecular weight is 367 g/mol. The number of carbonyl (C=O) groups excluding carboxylic acids is 2. The molecule has 2 amide bonds. The minimum absolute atomic E-state index is 0.106. The number of carbonyl (C=O) groups is 2. The first kappa shape index (κ1) is 19.3. The molecule has 3 heterocycles. The molecule has 0 aliphatic carbocycles. The molecule has 2 fully saturated rings. The van der Waals surface area contributed by atoms with Crippen molar-refractivity contribution in [1.29, 1.82) is 0 Å². The van der Waals surface area contributed by atoms with E-state index in [0.717, 1.165) is 37.9 Å². The van der Waals surface area contributed by atoms with Crippen LogP contribution in [-0.4, -0.2) is 45.2 Å². The smallest absolute Gasteiger partial charge is 0.227 e. The van der Waals surface area contributed by atoms with Crippen molar-refractivity contribution in [2.45, 2.75) is 50.6 Å². The third-order valence-electron chi connectivity index (χ3n) is 5.84. The standard InChI is InChI=1S/C22H29N3O2/c1-3-11-22(12-4-2)13-7-15-25(22)21(27)18-9-10-20(26)24(16-18)17-19-8-5-6-14-23-19/h3-6,8,14,18H,1-2,7,9-13,15-17H2. The average Bonchev–Trinajstić information content (AvgIpc) is 3.07. The minimum atomic E-state index is -0.187. The number of likely N-dealkylation sites (tertiary alicyclic amines) is 2. The molecule has 2 saturated heterocycles. The molecule has 0 saturated carbocycles. The van der Waals surface area contributed by atoms with Crippen molar-refractivity contribution in [2.75, 3.05) is 13.1 Å². The van der Waals surface area contributed by atoms with Gasteiger partial charge in [-0.25, -0.2) is 0 Å². The molecule has 0 aromatic carbocycles. The maximum Gasteiger partial charge on any atom is 0.227 e. The molecule has 1 aromatic heterocycles. The summed E-state index contributed by atoms with van der Waals surface area (Å²) in [4.78, 5) is 33.9. The summed E-state index contributed by atoms with van der Waals surface area (Å²) < 4.78 is 0. The summed E-state index contributed by atoms with van der Waals surface area (Å²) in [6.45, 7) is 9.51.